The highest BCUT2D eigenvalue weighted by molar-refractivity contribution is 5.69. The standard InChI is InChI=1S/C10H14N2/c1-3-8-12-10-7-5-4-6-9(10)11-2/h3-8,11-12H,1-2H3/b8-3+. The Morgan fingerprint density at radius 1 is 1.17 bits per heavy atom. The molecule has 64 valence electrons. The molecule has 1 rings (SSSR count). The number of nitrogens with one attached hydrogen (secondary N) is 2. The van der Waals surface area contributed by atoms with Gasteiger partial charge in [0.05, 0.1) is 11.4 Å². The molecule has 0 unspecified atom stereocenters. The quantitative estimate of drug-likeness (QED) is 0.714. The Labute approximate surface area is 73.3 Å². The summed E-state index contributed by atoms with van der Waals surface area (Å²) < 4.78 is 0. The molecule has 0 heterocycles. The van der Waals surface area contributed by atoms with Gasteiger partial charge < -0.3 is 10.6 Å². The molecule has 0 aliphatic rings. The molecule has 0 saturated heterocycles. The normalized spacial score (nSPS) is 10.2. The number of benzene rings is 1. The SMILES string of the molecule is C/C=C/Nc1ccccc1NC. The van der Waals surface area contributed by atoms with Crippen LogP contribution in [0.25, 0.3) is 0 Å². The minimum Gasteiger partial charge on any atom is -0.386 e. The summed E-state index contributed by atoms with van der Waals surface area (Å²) >= 11 is 0. The maximum atomic E-state index is 3.17. The predicted octanol–water partition coefficient (Wildman–Crippen LogP) is 2.67. The first-order valence-corrected chi connectivity index (χ1v) is 4.03. The molecule has 1 aromatic carbocycles. The summed E-state index contributed by atoms with van der Waals surface area (Å²) in [5.74, 6) is 0. The molecule has 0 amide bonds. The van der Waals surface area contributed by atoms with Gasteiger partial charge in [0.2, 0.25) is 0 Å². The Morgan fingerprint density at radius 3 is 2.42 bits per heavy atom. The van der Waals surface area contributed by atoms with Crippen LogP contribution in [-0.4, -0.2) is 7.05 Å². The monoisotopic (exact) mass is 162 g/mol. The molecule has 0 fully saturated rings. The van der Waals surface area contributed by atoms with E-state index in [0.717, 1.165) is 11.4 Å². The van der Waals surface area contributed by atoms with Gasteiger partial charge in [-0.15, -0.1) is 0 Å². The Bertz CT molecular complexity index is 266. The van der Waals surface area contributed by atoms with Gasteiger partial charge in [-0.05, 0) is 25.3 Å². The van der Waals surface area contributed by atoms with Crippen molar-refractivity contribution in [2.45, 2.75) is 6.92 Å². The highest BCUT2D eigenvalue weighted by Gasteiger charge is 1.94. The molecule has 2 heteroatoms. The number of anilines is 2. The van der Waals surface area contributed by atoms with Crippen LogP contribution in [0.2, 0.25) is 0 Å². The van der Waals surface area contributed by atoms with Crippen LogP contribution in [0.1, 0.15) is 6.92 Å². The summed E-state index contributed by atoms with van der Waals surface area (Å²) in [7, 11) is 1.91. The average Bonchev–Trinajstić information content (AvgIpc) is 2.15. The van der Waals surface area contributed by atoms with Crippen LogP contribution in [0.3, 0.4) is 0 Å². The fourth-order valence-electron chi connectivity index (χ4n) is 1.00. The molecule has 0 saturated carbocycles. The van der Waals surface area contributed by atoms with Gasteiger partial charge in [-0.2, -0.15) is 0 Å². The van der Waals surface area contributed by atoms with Gasteiger partial charge in [0, 0.05) is 7.05 Å². The number of rotatable bonds is 3. The van der Waals surface area contributed by atoms with E-state index in [1.165, 1.54) is 0 Å². The number of hydrogen-bond acceptors (Lipinski definition) is 2. The van der Waals surface area contributed by atoms with Gasteiger partial charge in [-0.25, -0.2) is 0 Å². The zero-order chi connectivity index (χ0) is 8.81. The fraction of sp³-hybridized carbons (Fsp3) is 0.200. The van der Waals surface area contributed by atoms with Crippen molar-refractivity contribution in [1.82, 2.24) is 0 Å². The van der Waals surface area contributed by atoms with Gasteiger partial charge in [0.15, 0.2) is 0 Å². The summed E-state index contributed by atoms with van der Waals surface area (Å²) in [6.07, 6.45) is 3.88. The molecule has 0 aromatic heterocycles. The highest BCUT2D eigenvalue weighted by atomic mass is 14.9. The van der Waals surface area contributed by atoms with Gasteiger partial charge in [0.25, 0.3) is 0 Å². The topological polar surface area (TPSA) is 24.1 Å². The summed E-state index contributed by atoms with van der Waals surface area (Å²) in [4.78, 5) is 0. The van der Waals surface area contributed by atoms with Crippen LogP contribution >= 0.6 is 0 Å². The third kappa shape index (κ3) is 2.02. The number of hydrogen-bond donors (Lipinski definition) is 2. The van der Waals surface area contributed by atoms with E-state index >= 15 is 0 Å². The first-order valence-electron chi connectivity index (χ1n) is 4.03. The third-order valence-corrected chi connectivity index (χ3v) is 1.60. The molecular formula is C10H14N2. The summed E-state index contributed by atoms with van der Waals surface area (Å²) in [6.45, 7) is 1.98. The van der Waals surface area contributed by atoms with Crippen molar-refractivity contribution in [2.24, 2.45) is 0 Å². The molecule has 1 aromatic rings. The van der Waals surface area contributed by atoms with Crippen LogP contribution in [0.15, 0.2) is 36.5 Å². The average molecular weight is 162 g/mol. The number of para-hydroxylation sites is 2. The zero-order valence-corrected chi connectivity index (χ0v) is 7.46. The van der Waals surface area contributed by atoms with Gasteiger partial charge in [-0.3, -0.25) is 0 Å². The smallest absolute Gasteiger partial charge is 0.0615 e. The van der Waals surface area contributed by atoms with Crippen molar-refractivity contribution in [3.8, 4) is 0 Å². The van der Waals surface area contributed by atoms with Crippen molar-refractivity contribution in [1.29, 1.82) is 0 Å². The zero-order valence-electron chi connectivity index (χ0n) is 7.46. The Balaban J connectivity index is 2.81. The van der Waals surface area contributed by atoms with Crippen LogP contribution in [0, 0.1) is 0 Å². The van der Waals surface area contributed by atoms with Crippen molar-refractivity contribution in [2.75, 3.05) is 17.7 Å². The Kier molecular flexibility index (Phi) is 3.20. The van der Waals surface area contributed by atoms with E-state index in [4.69, 9.17) is 0 Å². The van der Waals surface area contributed by atoms with Crippen LogP contribution in [-0.2, 0) is 0 Å². The van der Waals surface area contributed by atoms with E-state index in [1.807, 2.05) is 50.5 Å². The second-order valence-electron chi connectivity index (χ2n) is 2.44. The molecule has 2 nitrogen and oxygen atoms in total. The van der Waals surface area contributed by atoms with Crippen molar-refractivity contribution < 1.29 is 0 Å². The predicted molar refractivity (Wildman–Crippen MR) is 54.4 cm³/mol. The minimum absolute atomic E-state index is 1.10. The summed E-state index contributed by atoms with van der Waals surface area (Å²) in [5.41, 5.74) is 2.20. The van der Waals surface area contributed by atoms with Crippen molar-refractivity contribution in [3.05, 3.63) is 36.5 Å². The largest absolute Gasteiger partial charge is 0.386 e. The second kappa shape index (κ2) is 4.44. The molecule has 0 aliphatic carbocycles. The van der Waals surface area contributed by atoms with Crippen LogP contribution in [0.4, 0.5) is 11.4 Å². The molecule has 0 spiro atoms. The maximum absolute atomic E-state index is 3.17. The Morgan fingerprint density at radius 2 is 1.83 bits per heavy atom. The number of allylic oxidation sites excluding steroid dienone is 1. The molecule has 0 atom stereocenters. The lowest BCUT2D eigenvalue weighted by Gasteiger charge is -2.07. The van der Waals surface area contributed by atoms with Crippen molar-refractivity contribution in [3.63, 3.8) is 0 Å². The maximum Gasteiger partial charge on any atom is 0.0615 e. The van der Waals surface area contributed by atoms with E-state index in [0.29, 0.717) is 0 Å². The van der Waals surface area contributed by atoms with Gasteiger partial charge in [0.1, 0.15) is 0 Å². The molecular weight excluding hydrogens is 148 g/mol. The van der Waals surface area contributed by atoms with E-state index in [-0.39, 0.29) is 0 Å². The molecule has 12 heavy (non-hydrogen) atoms. The van der Waals surface area contributed by atoms with Gasteiger partial charge >= 0.3 is 0 Å². The first kappa shape index (κ1) is 8.65. The first-order chi connectivity index (χ1) is 5.88. The summed E-state index contributed by atoms with van der Waals surface area (Å²) in [6, 6.07) is 8.08. The Hall–Kier alpha value is -1.44. The van der Waals surface area contributed by atoms with Crippen LogP contribution in [0.5, 0.6) is 0 Å². The third-order valence-electron chi connectivity index (χ3n) is 1.60. The molecule has 2 N–H and O–H groups in total. The molecule has 0 radical (unpaired) electrons. The lowest BCUT2D eigenvalue weighted by molar-refractivity contribution is 1.48. The van der Waals surface area contributed by atoms with E-state index < -0.39 is 0 Å². The van der Waals surface area contributed by atoms with Crippen molar-refractivity contribution >= 4 is 11.4 Å². The lowest BCUT2D eigenvalue weighted by Crippen LogP contribution is -1.94. The van der Waals surface area contributed by atoms with E-state index in [1.54, 1.807) is 0 Å². The second-order valence-corrected chi connectivity index (χ2v) is 2.44. The van der Waals surface area contributed by atoms with E-state index in [9.17, 15) is 0 Å². The minimum atomic E-state index is 1.10. The van der Waals surface area contributed by atoms with Crippen LogP contribution < -0.4 is 10.6 Å². The lowest BCUT2D eigenvalue weighted by atomic mass is 10.2. The highest BCUT2D eigenvalue weighted by Crippen LogP contribution is 2.19. The van der Waals surface area contributed by atoms with Gasteiger partial charge in [-0.1, -0.05) is 18.2 Å². The summed E-state index contributed by atoms with van der Waals surface area (Å²) in [5, 5.41) is 6.28. The fourth-order valence-corrected chi connectivity index (χ4v) is 1.00. The molecule has 0 bridgehead atoms. The van der Waals surface area contributed by atoms with E-state index in [2.05, 4.69) is 10.6 Å². The molecule has 0 aliphatic heterocycles.